The average Bonchev–Trinajstić information content (AvgIpc) is 3.57. The number of unbranched alkanes of at least 4 members (excludes halogenated alkanes) is 1. The number of carbonyl (C=O) groups excluding carboxylic acids is 1. The first-order valence-corrected chi connectivity index (χ1v) is 14.2. The van der Waals surface area contributed by atoms with E-state index in [0.29, 0.717) is 23.8 Å². The Bertz CT molecular complexity index is 1290. The van der Waals surface area contributed by atoms with E-state index >= 15 is 0 Å². The number of nitrogens with one attached hydrogen (secondary N) is 1. The van der Waals surface area contributed by atoms with Crippen LogP contribution < -0.4 is 4.72 Å². The lowest BCUT2D eigenvalue weighted by Crippen LogP contribution is -2.31. The molecule has 1 aliphatic carbocycles. The summed E-state index contributed by atoms with van der Waals surface area (Å²) in [6, 6.07) is 13.2. The zero-order valence-electron chi connectivity index (χ0n) is 21.2. The summed E-state index contributed by atoms with van der Waals surface area (Å²) in [5.74, 6) is 2.12. The summed E-state index contributed by atoms with van der Waals surface area (Å²) < 4.78 is 35.6. The van der Waals surface area contributed by atoms with Crippen molar-refractivity contribution in [2.45, 2.75) is 70.2 Å². The molecule has 1 aliphatic rings. The number of carbonyl (C=O) groups is 1. The molecule has 1 amide bonds. The van der Waals surface area contributed by atoms with Gasteiger partial charge in [0.1, 0.15) is 5.82 Å². The number of nitrogens with zero attached hydrogens (tertiary/aromatic N) is 2. The third-order valence-electron chi connectivity index (χ3n) is 6.23. The minimum Gasteiger partial charge on any atom is -0.449 e. The third-order valence-corrected chi connectivity index (χ3v) is 7.60. The van der Waals surface area contributed by atoms with Crippen LogP contribution in [-0.4, -0.2) is 30.7 Å². The van der Waals surface area contributed by atoms with E-state index in [0.717, 1.165) is 41.9 Å². The molecule has 0 atom stereocenters. The molecule has 1 aromatic heterocycles. The zero-order valence-corrected chi connectivity index (χ0v) is 22.1. The maximum Gasteiger partial charge on any atom is 0.421 e. The van der Waals surface area contributed by atoms with E-state index in [1.165, 1.54) is 12.8 Å². The highest BCUT2D eigenvalue weighted by Crippen LogP contribution is 2.39. The Labute approximate surface area is 214 Å². The number of ether oxygens (including phenoxy) is 1. The molecule has 3 aromatic rings. The number of benzene rings is 2. The number of sulfonamides is 1. The average molecular weight is 510 g/mol. The monoisotopic (exact) mass is 509 g/mol. The maximum absolute atomic E-state index is 13.2. The van der Waals surface area contributed by atoms with Gasteiger partial charge in [-0.3, -0.25) is 0 Å². The van der Waals surface area contributed by atoms with Crippen molar-refractivity contribution in [2.24, 2.45) is 5.92 Å². The summed E-state index contributed by atoms with van der Waals surface area (Å²) in [6.45, 7) is 7.11. The summed E-state index contributed by atoms with van der Waals surface area (Å²) >= 11 is 0. The van der Waals surface area contributed by atoms with Gasteiger partial charge < -0.3 is 9.30 Å². The molecular formula is C28H35N3O4S. The molecule has 1 saturated carbocycles. The molecule has 0 spiro atoms. The molecule has 0 radical (unpaired) electrons. The van der Waals surface area contributed by atoms with Gasteiger partial charge in [-0.2, -0.15) is 0 Å². The number of hydrogen-bond donors (Lipinski definition) is 1. The summed E-state index contributed by atoms with van der Waals surface area (Å²) in [5.41, 5.74) is 3.49. The Kier molecular flexibility index (Phi) is 8.14. The van der Waals surface area contributed by atoms with Gasteiger partial charge in [0, 0.05) is 30.4 Å². The van der Waals surface area contributed by atoms with Gasteiger partial charge in [0.2, 0.25) is 0 Å². The number of aromatic nitrogens is 2. The van der Waals surface area contributed by atoms with Gasteiger partial charge >= 0.3 is 6.09 Å². The molecule has 1 N–H and O–H groups in total. The molecule has 1 fully saturated rings. The Morgan fingerprint density at radius 3 is 2.53 bits per heavy atom. The van der Waals surface area contributed by atoms with Gasteiger partial charge in [0.25, 0.3) is 10.0 Å². The molecule has 0 saturated heterocycles. The van der Waals surface area contributed by atoms with Gasteiger partial charge in [-0.15, -0.1) is 0 Å². The minimum atomic E-state index is -4.12. The van der Waals surface area contributed by atoms with Crippen LogP contribution in [-0.2, 0) is 27.7 Å². The van der Waals surface area contributed by atoms with Crippen LogP contribution in [0.3, 0.4) is 0 Å². The summed E-state index contributed by atoms with van der Waals surface area (Å²) in [6.07, 6.45) is 7.63. The summed E-state index contributed by atoms with van der Waals surface area (Å²) in [5, 5.41) is 0. The Balaban J connectivity index is 1.60. The fraction of sp³-hybridized carbons (Fsp3) is 0.429. The summed E-state index contributed by atoms with van der Waals surface area (Å²) in [7, 11) is -4.12. The van der Waals surface area contributed by atoms with Gasteiger partial charge in [-0.25, -0.2) is 22.9 Å². The second-order valence-corrected chi connectivity index (χ2v) is 11.6. The highest BCUT2D eigenvalue weighted by atomic mass is 32.2. The Morgan fingerprint density at radius 2 is 1.86 bits per heavy atom. The first-order chi connectivity index (χ1) is 17.3. The molecule has 192 valence electrons. The molecule has 0 unspecified atom stereocenters. The molecule has 8 heteroatoms. The normalized spacial score (nSPS) is 13.7. The van der Waals surface area contributed by atoms with Crippen LogP contribution in [0, 0.1) is 5.92 Å². The quantitative estimate of drug-likeness (QED) is 0.326. The van der Waals surface area contributed by atoms with E-state index in [9.17, 15) is 13.2 Å². The highest BCUT2D eigenvalue weighted by molar-refractivity contribution is 7.90. The maximum atomic E-state index is 13.2. The lowest BCUT2D eigenvalue weighted by atomic mass is 9.97. The number of amides is 1. The largest absolute Gasteiger partial charge is 0.449 e. The Hall–Kier alpha value is -3.13. The fourth-order valence-corrected chi connectivity index (χ4v) is 5.38. The van der Waals surface area contributed by atoms with E-state index in [-0.39, 0.29) is 11.5 Å². The third kappa shape index (κ3) is 6.55. The van der Waals surface area contributed by atoms with E-state index in [2.05, 4.69) is 28.1 Å². The first-order valence-electron chi connectivity index (χ1n) is 12.7. The number of hydrogen-bond acceptors (Lipinski definition) is 5. The fourth-order valence-electron chi connectivity index (χ4n) is 4.28. The van der Waals surface area contributed by atoms with Crippen molar-refractivity contribution in [2.75, 3.05) is 6.61 Å². The van der Waals surface area contributed by atoms with Gasteiger partial charge in [-0.05, 0) is 60.4 Å². The van der Waals surface area contributed by atoms with Crippen molar-refractivity contribution < 1.29 is 17.9 Å². The second-order valence-electron chi connectivity index (χ2n) is 9.91. The molecule has 0 bridgehead atoms. The zero-order chi connectivity index (χ0) is 25.7. The van der Waals surface area contributed by atoms with E-state index in [1.807, 2.05) is 55.7 Å². The molecule has 4 rings (SSSR count). The second kappa shape index (κ2) is 11.3. The van der Waals surface area contributed by atoms with E-state index in [1.54, 1.807) is 6.07 Å². The van der Waals surface area contributed by atoms with Crippen molar-refractivity contribution in [1.29, 1.82) is 0 Å². The smallest absolute Gasteiger partial charge is 0.421 e. The molecule has 36 heavy (non-hydrogen) atoms. The summed E-state index contributed by atoms with van der Waals surface area (Å²) in [4.78, 5) is 16.7. The molecule has 1 heterocycles. The molecular weight excluding hydrogens is 474 g/mol. The van der Waals surface area contributed by atoms with Gasteiger partial charge in [-0.1, -0.05) is 57.5 Å². The number of rotatable bonds is 11. The highest BCUT2D eigenvalue weighted by Gasteiger charge is 2.28. The SMILES string of the molecule is CCCCOC(=O)NS(=O)(=O)c1ccc(CC(C)C)cc1-c1ccc(Cn2ccnc2C2CC2)cc1. The predicted octanol–water partition coefficient (Wildman–Crippen LogP) is 5.89. The van der Waals surface area contributed by atoms with Crippen LogP contribution in [0.25, 0.3) is 11.1 Å². The molecule has 2 aromatic carbocycles. The van der Waals surface area contributed by atoms with Crippen LogP contribution in [0.5, 0.6) is 0 Å². The minimum absolute atomic E-state index is 0.0563. The molecule has 7 nitrogen and oxygen atoms in total. The number of imidazole rings is 1. The standard InChI is InChI=1S/C28H35N3O4S/c1-4-5-16-35-28(32)30-36(33,34)26-13-8-22(17-20(2)3)18-25(26)23-9-6-21(7-10-23)19-31-15-14-29-27(31)24-11-12-24/h6-10,13-15,18,20,24H,4-5,11-12,16-17,19H2,1-3H3,(H,30,32). The lowest BCUT2D eigenvalue weighted by Gasteiger charge is -2.15. The van der Waals surface area contributed by atoms with Gasteiger partial charge in [0.15, 0.2) is 0 Å². The van der Waals surface area contributed by atoms with Crippen LogP contribution in [0.15, 0.2) is 59.8 Å². The van der Waals surface area contributed by atoms with Crippen molar-refractivity contribution >= 4 is 16.1 Å². The van der Waals surface area contributed by atoms with Crippen LogP contribution >= 0.6 is 0 Å². The van der Waals surface area contributed by atoms with E-state index in [4.69, 9.17) is 4.74 Å². The lowest BCUT2D eigenvalue weighted by molar-refractivity contribution is 0.151. The van der Waals surface area contributed by atoms with Crippen molar-refractivity contribution in [1.82, 2.24) is 14.3 Å². The molecule has 0 aliphatic heterocycles. The van der Waals surface area contributed by atoms with Gasteiger partial charge in [0.05, 0.1) is 11.5 Å². The predicted molar refractivity (Wildman–Crippen MR) is 140 cm³/mol. The van der Waals surface area contributed by atoms with Crippen molar-refractivity contribution in [3.63, 3.8) is 0 Å². The Morgan fingerprint density at radius 1 is 1.14 bits per heavy atom. The van der Waals surface area contributed by atoms with Crippen LogP contribution in [0.4, 0.5) is 4.79 Å². The van der Waals surface area contributed by atoms with Crippen molar-refractivity contribution in [3.05, 3.63) is 71.8 Å². The van der Waals surface area contributed by atoms with Crippen LogP contribution in [0.2, 0.25) is 0 Å². The van der Waals surface area contributed by atoms with Crippen molar-refractivity contribution in [3.8, 4) is 11.1 Å². The topological polar surface area (TPSA) is 90.3 Å². The first kappa shape index (κ1) is 25.9. The van der Waals surface area contributed by atoms with Crippen LogP contribution in [0.1, 0.15) is 69.3 Å². The van der Waals surface area contributed by atoms with E-state index < -0.39 is 16.1 Å².